The fourth-order valence-electron chi connectivity index (χ4n) is 1.16. The first-order valence-corrected chi connectivity index (χ1v) is 5.77. The Hall–Kier alpha value is -1.40. The number of hydrogen-bond acceptors (Lipinski definition) is 4. The Balaban J connectivity index is 2.27. The fraction of sp³-hybridized carbons (Fsp3) is 0.400. The second-order valence-corrected chi connectivity index (χ2v) is 4.26. The van der Waals surface area contributed by atoms with Gasteiger partial charge in [-0.05, 0) is 17.9 Å². The van der Waals surface area contributed by atoms with Crippen molar-refractivity contribution in [3.63, 3.8) is 0 Å². The van der Waals surface area contributed by atoms with Crippen LogP contribution in [-0.4, -0.2) is 23.5 Å². The number of carbonyl (C=O) groups is 2. The number of hydrogen-bond donors (Lipinski definition) is 3. The molecule has 0 aliphatic carbocycles. The third-order valence-corrected chi connectivity index (χ3v) is 2.95. The minimum Gasteiger partial charge on any atom is -0.481 e. The molecule has 0 fully saturated rings. The summed E-state index contributed by atoms with van der Waals surface area (Å²) >= 11 is 1.42. The molecule has 1 amide bonds. The zero-order valence-corrected chi connectivity index (χ0v) is 9.50. The predicted octanol–water partition coefficient (Wildman–Crippen LogP) is 0.729. The van der Waals surface area contributed by atoms with Crippen molar-refractivity contribution in [2.45, 2.75) is 18.9 Å². The van der Waals surface area contributed by atoms with E-state index in [4.69, 9.17) is 10.8 Å². The summed E-state index contributed by atoms with van der Waals surface area (Å²) in [5.74, 6) is -1.13. The number of rotatable bonds is 6. The van der Waals surface area contributed by atoms with Crippen LogP contribution in [0.25, 0.3) is 0 Å². The highest BCUT2D eigenvalue weighted by atomic mass is 32.1. The smallest absolute Gasteiger partial charge is 0.303 e. The summed E-state index contributed by atoms with van der Waals surface area (Å²) in [6.07, 6.45) is 0.465. The van der Waals surface area contributed by atoms with Gasteiger partial charge >= 0.3 is 5.97 Å². The van der Waals surface area contributed by atoms with Crippen molar-refractivity contribution in [3.8, 4) is 0 Å². The Labute approximate surface area is 97.3 Å². The topological polar surface area (TPSA) is 92.4 Å². The van der Waals surface area contributed by atoms with E-state index in [0.717, 1.165) is 4.88 Å². The van der Waals surface area contributed by atoms with Crippen LogP contribution in [0.5, 0.6) is 0 Å². The van der Waals surface area contributed by atoms with Crippen molar-refractivity contribution in [3.05, 3.63) is 22.4 Å². The number of carboxylic acids is 1. The lowest BCUT2D eigenvalue weighted by atomic mass is 10.2. The van der Waals surface area contributed by atoms with E-state index in [1.165, 1.54) is 11.3 Å². The van der Waals surface area contributed by atoms with E-state index in [9.17, 15) is 9.59 Å². The van der Waals surface area contributed by atoms with Crippen LogP contribution in [0.1, 0.15) is 23.8 Å². The van der Waals surface area contributed by atoms with E-state index in [1.807, 2.05) is 11.4 Å². The van der Waals surface area contributed by atoms with E-state index in [1.54, 1.807) is 6.07 Å². The van der Waals surface area contributed by atoms with Gasteiger partial charge in [0.15, 0.2) is 0 Å². The number of aliphatic carboxylic acids is 1. The van der Waals surface area contributed by atoms with E-state index in [-0.39, 0.29) is 12.3 Å². The molecule has 6 heteroatoms. The Morgan fingerprint density at radius 3 is 2.88 bits per heavy atom. The van der Waals surface area contributed by atoms with E-state index < -0.39 is 12.0 Å². The van der Waals surface area contributed by atoms with Gasteiger partial charge in [0.1, 0.15) is 6.04 Å². The van der Waals surface area contributed by atoms with Gasteiger partial charge in [0.05, 0.1) is 0 Å². The van der Waals surface area contributed by atoms with Gasteiger partial charge in [0.2, 0.25) is 5.91 Å². The molecule has 16 heavy (non-hydrogen) atoms. The van der Waals surface area contributed by atoms with Crippen LogP contribution in [-0.2, 0) is 9.59 Å². The van der Waals surface area contributed by atoms with Crippen LogP contribution < -0.4 is 11.1 Å². The highest BCUT2D eigenvalue weighted by molar-refractivity contribution is 7.10. The summed E-state index contributed by atoms with van der Waals surface area (Å²) in [6.45, 7) is 0.338. The van der Waals surface area contributed by atoms with Crippen molar-refractivity contribution in [1.82, 2.24) is 5.32 Å². The molecule has 1 unspecified atom stereocenters. The summed E-state index contributed by atoms with van der Waals surface area (Å²) < 4.78 is 0. The van der Waals surface area contributed by atoms with Gasteiger partial charge < -0.3 is 16.2 Å². The lowest BCUT2D eigenvalue weighted by Crippen LogP contribution is -2.34. The second kappa shape index (κ2) is 6.24. The highest BCUT2D eigenvalue weighted by Gasteiger charge is 2.15. The molecule has 1 aromatic rings. The maximum Gasteiger partial charge on any atom is 0.303 e. The average molecular weight is 242 g/mol. The third kappa shape index (κ3) is 4.00. The maximum atomic E-state index is 11.5. The predicted molar refractivity (Wildman–Crippen MR) is 61.1 cm³/mol. The Bertz CT molecular complexity index is 351. The first-order valence-electron chi connectivity index (χ1n) is 4.89. The SMILES string of the molecule is NC(C(=O)NCCCC(=O)O)c1cccs1. The van der Waals surface area contributed by atoms with Crippen molar-refractivity contribution in [2.75, 3.05) is 6.54 Å². The normalized spacial score (nSPS) is 12.1. The quantitative estimate of drug-likeness (QED) is 0.641. The minimum absolute atomic E-state index is 0.0501. The molecule has 4 N–H and O–H groups in total. The van der Waals surface area contributed by atoms with Gasteiger partial charge in [-0.25, -0.2) is 0 Å². The molecule has 0 saturated heterocycles. The molecular weight excluding hydrogens is 228 g/mol. The lowest BCUT2D eigenvalue weighted by Gasteiger charge is -2.09. The van der Waals surface area contributed by atoms with Crippen molar-refractivity contribution < 1.29 is 14.7 Å². The van der Waals surface area contributed by atoms with Gasteiger partial charge in [-0.2, -0.15) is 0 Å². The number of thiophene rings is 1. The van der Waals surface area contributed by atoms with E-state index in [0.29, 0.717) is 13.0 Å². The van der Waals surface area contributed by atoms with Gasteiger partial charge in [-0.3, -0.25) is 9.59 Å². The van der Waals surface area contributed by atoms with Crippen LogP contribution in [0, 0.1) is 0 Å². The van der Waals surface area contributed by atoms with Crippen molar-refractivity contribution in [1.29, 1.82) is 0 Å². The molecule has 88 valence electrons. The maximum absolute atomic E-state index is 11.5. The van der Waals surface area contributed by atoms with E-state index >= 15 is 0 Å². The van der Waals surface area contributed by atoms with E-state index in [2.05, 4.69) is 5.32 Å². The number of carboxylic acid groups (broad SMARTS) is 1. The number of nitrogens with one attached hydrogen (secondary N) is 1. The molecule has 5 nitrogen and oxygen atoms in total. The van der Waals surface area contributed by atoms with Gasteiger partial charge in [-0.1, -0.05) is 6.07 Å². The van der Waals surface area contributed by atoms with Crippen molar-refractivity contribution >= 4 is 23.2 Å². The molecule has 0 aliphatic rings. The van der Waals surface area contributed by atoms with Gasteiger partial charge in [0.25, 0.3) is 0 Å². The van der Waals surface area contributed by atoms with Crippen LogP contribution in [0.3, 0.4) is 0 Å². The summed E-state index contributed by atoms with van der Waals surface area (Å²) in [5, 5.41) is 12.9. The standard InChI is InChI=1S/C10H14N2O3S/c11-9(7-3-2-6-16-7)10(15)12-5-1-4-8(13)14/h2-3,6,9H,1,4-5,11H2,(H,12,15)(H,13,14). The monoisotopic (exact) mass is 242 g/mol. The summed E-state index contributed by atoms with van der Waals surface area (Å²) in [6, 6.07) is 2.97. The molecule has 1 heterocycles. The Morgan fingerprint density at radius 1 is 1.56 bits per heavy atom. The van der Waals surface area contributed by atoms with Crippen LogP contribution >= 0.6 is 11.3 Å². The largest absolute Gasteiger partial charge is 0.481 e. The number of nitrogens with two attached hydrogens (primary N) is 1. The highest BCUT2D eigenvalue weighted by Crippen LogP contribution is 2.16. The summed E-state index contributed by atoms with van der Waals surface area (Å²) in [7, 11) is 0. The molecule has 0 aromatic carbocycles. The molecule has 0 spiro atoms. The molecule has 1 aromatic heterocycles. The average Bonchev–Trinajstić information content (AvgIpc) is 2.76. The molecule has 0 bridgehead atoms. The molecule has 1 atom stereocenters. The first kappa shape index (κ1) is 12.7. The molecule has 0 radical (unpaired) electrons. The molecule has 0 saturated carbocycles. The lowest BCUT2D eigenvalue weighted by molar-refractivity contribution is -0.137. The Kier molecular flexibility index (Phi) is 4.94. The van der Waals surface area contributed by atoms with Crippen LogP contribution in [0.4, 0.5) is 0 Å². The second-order valence-electron chi connectivity index (χ2n) is 3.28. The minimum atomic E-state index is -0.864. The summed E-state index contributed by atoms with van der Waals surface area (Å²) in [5.41, 5.74) is 5.71. The molecular formula is C10H14N2O3S. The van der Waals surface area contributed by atoms with Gasteiger partial charge in [-0.15, -0.1) is 11.3 Å². The van der Waals surface area contributed by atoms with Crippen molar-refractivity contribution in [2.24, 2.45) is 5.73 Å². The zero-order chi connectivity index (χ0) is 12.0. The third-order valence-electron chi connectivity index (χ3n) is 2.00. The zero-order valence-electron chi connectivity index (χ0n) is 8.68. The number of carbonyl (C=O) groups excluding carboxylic acids is 1. The van der Waals surface area contributed by atoms with Crippen LogP contribution in [0.2, 0.25) is 0 Å². The van der Waals surface area contributed by atoms with Crippen LogP contribution in [0.15, 0.2) is 17.5 Å². The summed E-state index contributed by atoms with van der Waals surface area (Å²) in [4.78, 5) is 22.5. The first-order chi connectivity index (χ1) is 7.61. The molecule has 1 rings (SSSR count). The number of amides is 1. The molecule has 0 aliphatic heterocycles. The Morgan fingerprint density at radius 2 is 2.31 bits per heavy atom. The van der Waals surface area contributed by atoms with Gasteiger partial charge in [0, 0.05) is 17.8 Å². The fourth-order valence-corrected chi connectivity index (χ4v) is 1.88.